The first-order valence-electron chi connectivity index (χ1n) is 8.19. The van der Waals surface area contributed by atoms with Crippen LogP contribution in [0.1, 0.15) is 50.2 Å². The van der Waals surface area contributed by atoms with Crippen molar-refractivity contribution in [2.75, 3.05) is 0 Å². The van der Waals surface area contributed by atoms with E-state index in [2.05, 4.69) is 15.8 Å². The summed E-state index contributed by atoms with van der Waals surface area (Å²) >= 11 is 0. The number of carbonyl (C=O) groups is 3. The van der Waals surface area contributed by atoms with Gasteiger partial charge in [-0.1, -0.05) is 5.16 Å². The number of hydrogen-bond donors (Lipinski definition) is 7. The van der Waals surface area contributed by atoms with Crippen LogP contribution < -0.4 is 22.1 Å². The quantitative estimate of drug-likeness (QED) is 0.248. The normalized spacial score (nSPS) is 16.6. The summed E-state index contributed by atoms with van der Waals surface area (Å²) in [4.78, 5) is 34.2. The van der Waals surface area contributed by atoms with E-state index in [-0.39, 0.29) is 24.3 Å². The highest BCUT2D eigenvalue weighted by Gasteiger charge is 2.28. The SMILES string of the molecule is C[C@H](O)[C@H](NC(=O)N[C@H](CCC(N)=O)c1cc([C@@H](N)[C@@H](C)O)on1)C(=O)O. The number of aromatic nitrogens is 1. The second-order valence-corrected chi connectivity index (χ2v) is 6.15. The number of carboxylic acid groups (broad SMARTS) is 1. The molecule has 0 aliphatic heterocycles. The number of primary amides is 1. The van der Waals surface area contributed by atoms with Gasteiger partial charge in [0.25, 0.3) is 0 Å². The van der Waals surface area contributed by atoms with E-state index in [1.54, 1.807) is 0 Å². The number of carboxylic acids is 1. The van der Waals surface area contributed by atoms with Gasteiger partial charge in [-0.3, -0.25) is 4.79 Å². The van der Waals surface area contributed by atoms with E-state index in [1.165, 1.54) is 19.9 Å². The molecule has 1 rings (SSSR count). The Kier molecular flexibility index (Phi) is 8.15. The lowest BCUT2D eigenvalue weighted by atomic mass is 10.1. The van der Waals surface area contributed by atoms with Crippen LogP contribution in [0, 0.1) is 0 Å². The molecule has 0 aromatic carbocycles. The molecule has 9 N–H and O–H groups in total. The Morgan fingerprint density at radius 3 is 2.33 bits per heavy atom. The first-order chi connectivity index (χ1) is 12.5. The van der Waals surface area contributed by atoms with Gasteiger partial charge in [0.05, 0.1) is 24.3 Å². The van der Waals surface area contributed by atoms with E-state index in [4.69, 9.17) is 21.1 Å². The summed E-state index contributed by atoms with van der Waals surface area (Å²) in [5, 5.41) is 36.3. The van der Waals surface area contributed by atoms with Gasteiger partial charge in [0, 0.05) is 12.5 Å². The average molecular weight is 387 g/mol. The number of rotatable bonds is 10. The van der Waals surface area contributed by atoms with Crippen molar-refractivity contribution >= 4 is 17.9 Å². The molecular formula is C15H25N5O7. The molecule has 5 atom stereocenters. The second-order valence-electron chi connectivity index (χ2n) is 6.15. The molecule has 0 saturated heterocycles. The zero-order valence-corrected chi connectivity index (χ0v) is 15.0. The molecule has 0 saturated carbocycles. The topological polar surface area (TPSA) is 214 Å². The molecule has 0 spiro atoms. The molecule has 1 aromatic heterocycles. The fraction of sp³-hybridized carbons (Fsp3) is 0.600. The zero-order valence-electron chi connectivity index (χ0n) is 15.0. The zero-order chi connectivity index (χ0) is 20.7. The van der Waals surface area contributed by atoms with E-state index < -0.39 is 48.2 Å². The van der Waals surface area contributed by atoms with Gasteiger partial charge in [0.2, 0.25) is 5.91 Å². The Bertz CT molecular complexity index is 661. The second kappa shape index (κ2) is 9.85. The first-order valence-corrected chi connectivity index (χ1v) is 8.19. The van der Waals surface area contributed by atoms with Crippen molar-refractivity contribution in [1.82, 2.24) is 15.8 Å². The average Bonchev–Trinajstić information content (AvgIpc) is 3.04. The molecule has 27 heavy (non-hydrogen) atoms. The van der Waals surface area contributed by atoms with Crippen molar-refractivity contribution in [3.63, 3.8) is 0 Å². The van der Waals surface area contributed by atoms with Crippen LogP contribution in [0.4, 0.5) is 4.79 Å². The lowest BCUT2D eigenvalue weighted by molar-refractivity contribution is -0.141. The van der Waals surface area contributed by atoms with Crippen LogP contribution in [0.3, 0.4) is 0 Å². The van der Waals surface area contributed by atoms with E-state index >= 15 is 0 Å². The van der Waals surface area contributed by atoms with Gasteiger partial charge < -0.3 is 41.9 Å². The number of aliphatic hydroxyl groups is 2. The number of nitrogens with two attached hydrogens (primary N) is 2. The predicted molar refractivity (Wildman–Crippen MR) is 91.1 cm³/mol. The van der Waals surface area contributed by atoms with Crippen LogP contribution in [-0.4, -0.2) is 56.6 Å². The van der Waals surface area contributed by atoms with Gasteiger partial charge >= 0.3 is 12.0 Å². The molecule has 0 bridgehead atoms. The van der Waals surface area contributed by atoms with E-state index in [0.717, 1.165) is 0 Å². The molecule has 0 radical (unpaired) electrons. The maximum absolute atomic E-state index is 12.1. The Labute approximate surface area is 154 Å². The van der Waals surface area contributed by atoms with Crippen LogP contribution in [0.25, 0.3) is 0 Å². The number of nitrogens with one attached hydrogen (secondary N) is 2. The Morgan fingerprint density at radius 2 is 1.85 bits per heavy atom. The van der Waals surface area contributed by atoms with Gasteiger partial charge in [-0.2, -0.15) is 0 Å². The lowest BCUT2D eigenvalue weighted by Crippen LogP contribution is -2.51. The largest absolute Gasteiger partial charge is 0.480 e. The van der Waals surface area contributed by atoms with E-state index in [9.17, 15) is 24.6 Å². The maximum atomic E-state index is 12.1. The lowest BCUT2D eigenvalue weighted by Gasteiger charge is -2.20. The van der Waals surface area contributed by atoms with Crippen molar-refractivity contribution < 1.29 is 34.2 Å². The highest BCUT2D eigenvalue weighted by atomic mass is 16.5. The van der Waals surface area contributed by atoms with Gasteiger partial charge in [0.15, 0.2) is 11.8 Å². The standard InChI is InChI=1S/C15H25N5O7/c1-6(21)12(17)10-5-9(20-27-10)8(3-4-11(16)23)18-15(26)19-13(7(2)22)14(24)25/h5-8,12-13,21-22H,3-4,17H2,1-2H3,(H2,16,23)(H,24,25)(H2,18,19,26)/t6-,7+,8-,12+,13+/m1/s1. The van der Waals surface area contributed by atoms with Crippen molar-refractivity contribution in [2.24, 2.45) is 11.5 Å². The predicted octanol–water partition coefficient (Wildman–Crippen LogP) is -1.50. The molecule has 0 aliphatic rings. The fourth-order valence-electron chi connectivity index (χ4n) is 2.17. The number of nitrogens with zero attached hydrogens (tertiary/aromatic N) is 1. The third-order valence-electron chi connectivity index (χ3n) is 3.77. The number of urea groups is 1. The van der Waals surface area contributed by atoms with Gasteiger partial charge in [-0.15, -0.1) is 0 Å². The van der Waals surface area contributed by atoms with Crippen molar-refractivity contribution in [3.8, 4) is 0 Å². The van der Waals surface area contributed by atoms with Gasteiger partial charge in [0.1, 0.15) is 5.69 Å². The van der Waals surface area contributed by atoms with Crippen LogP contribution in [-0.2, 0) is 9.59 Å². The monoisotopic (exact) mass is 387 g/mol. The van der Waals surface area contributed by atoms with Crippen LogP contribution in [0.15, 0.2) is 10.6 Å². The summed E-state index contributed by atoms with van der Waals surface area (Å²) in [5.41, 5.74) is 11.1. The van der Waals surface area contributed by atoms with E-state index in [1.807, 2.05) is 0 Å². The third kappa shape index (κ3) is 6.84. The summed E-state index contributed by atoms with van der Waals surface area (Å²) in [5.74, 6) is -1.86. The number of aliphatic hydroxyl groups excluding tert-OH is 2. The molecule has 12 nitrogen and oxygen atoms in total. The first kappa shape index (κ1) is 22.3. The summed E-state index contributed by atoms with van der Waals surface area (Å²) in [7, 11) is 0. The maximum Gasteiger partial charge on any atom is 0.328 e. The molecule has 12 heteroatoms. The molecule has 3 amide bonds. The summed E-state index contributed by atoms with van der Waals surface area (Å²) in [6, 6.07) is -2.71. The number of hydrogen-bond acceptors (Lipinski definition) is 8. The van der Waals surface area contributed by atoms with Gasteiger partial charge in [-0.05, 0) is 20.3 Å². The molecule has 1 heterocycles. The molecular weight excluding hydrogens is 362 g/mol. The smallest absolute Gasteiger partial charge is 0.328 e. The van der Waals surface area contributed by atoms with Crippen molar-refractivity contribution in [1.29, 1.82) is 0 Å². The number of aliphatic carboxylic acids is 1. The van der Waals surface area contributed by atoms with Gasteiger partial charge in [-0.25, -0.2) is 9.59 Å². The summed E-state index contributed by atoms with van der Waals surface area (Å²) < 4.78 is 5.06. The highest BCUT2D eigenvalue weighted by molar-refractivity contribution is 5.83. The van der Waals surface area contributed by atoms with Crippen LogP contribution >= 0.6 is 0 Å². The number of carbonyl (C=O) groups excluding carboxylic acids is 2. The summed E-state index contributed by atoms with van der Waals surface area (Å²) in [6.45, 7) is 2.68. The Morgan fingerprint density at radius 1 is 1.22 bits per heavy atom. The van der Waals surface area contributed by atoms with Crippen LogP contribution in [0.5, 0.6) is 0 Å². The van der Waals surface area contributed by atoms with Crippen molar-refractivity contribution in [3.05, 3.63) is 17.5 Å². The summed E-state index contributed by atoms with van der Waals surface area (Å²) in [6.07, 6.45) is -2.27. The third-order valence-corrected chi connectivity index (χ3v) is 3.77. The fourth-order valence-corrected chi connectivity index (χ4v) is 2.17. The Balaban J connectivity index is 2.93. The van der Waals surface area contributed by atoms with E-state index in [0.29, 0.717) is 0 Å². The minimum atomic E-state index is -1.53. The molecule has 0 aliphatic carbocycles. The minimum Gasteiger partial charge on any atom is -0.480 e. The minimum absolute atomic E-state index is 0.0606. The molecule has 0 fully saturated rings. The number of amides is 3. The highest BCUT2D eigenvalue weighted by Crippen LogP contribution is 2.22. The van der Waals surface area contributed by atoms with Crippen LogP contribution in [0.2, 0.25) is 0 Å². The molecule has 152 valence electrons. The molecule has 1 aromatic rings. The Hall–Kier alpha value is -2.70. The van der Waals surface area contributed by atoms with Crippen molar-refractivity contribution in [2.45, 2.75) is 57.0 Å². The molecule has 0 unspecified atom stereocenters.